The Labute approximate surface area is 222 Å². The first-order valence-corrected chi connectivity index (χ1v) is 12.9. The highest BCUT2D eigenvalue weighted by Gasteiger charge is 2.37. The van der Waals surface area contributed by atoms with Gasteiger partial charge in [-0.05, 0) is 78.0 Å². The predicted molar refractivity (Wildman–Crippen MR) is 141 cm³/mol. The van der Waals surface area contributed by atoms with Gasteiger partial charge in [0, 0.05) is 5.56 Å². The van der Waals surface area contributed by atoms with Crippen LogP contribution in [-0.2, 0) is 22.0 Å². The first-order valence-electron chi connectivity index (χ1n) is 12.9. The zero-order valence-electron chi connectivity index (χ0n) is 22.6. The normalized spacial score (nSPS) is 17.2. The Morgan fingerprint density at radius 2 is 1.71 bits per heavy atom. The second-order valence-electron chi connectivity index (χ2n) is 11.6. The van der Waals surface area contributed by atoms with Crippen LogP contribution in [0.15, 0.2) is 48.7 Å². The van der Waals surface area contributed by atoms with Crippen LogP contribution in [0.2, 0.25) is 0 Å². The minimum atomic E-state index is -0.524. The van der Waals surface area contributed by atoms with Gasteiger partial charge >= 0.3 is 0 Å². The summed E-state index contributed by atoms with van der Waals surface area (Å²) in [6, 6.07) is 11.0. The van der Waals surface area contributed by atoms with Gasteiger partial charge in [-0.1, -0.05) is 51.1 Å². The molecule has 8 nitrogen and oxygen atoms in total. The lowest BCUT2D eigenvalue weighted by Crippen LogP contribution is -2.34. The summed E-state index contributed by atoms with van der Waals surface area (Å²) in [6.45, 7) is 10.9. The summed E-state index contributed by atoms with van der Waals surface area (Å²) in [5, 5.41) is 20.5. The summed E-state index contributed by atoms with van der Waals surface area (Å²) in [7, 11) is 0. The molecule has 202 valence electrons. The molecule has 3 aromatic rings. The molecule has 2 unspecified atom stereocenters. The molecule has 2 atom stereocenters. The van der Waals surface area contributed by atoms with E-state index in [0.717, 1.165) is 18.4 Å². The van der Waals surface area contributed by atoms with E-state index in [4.69, 9.17) is 0 Å². The summed E-state index contributed by atoms with van der Waals surface area (Å²) in [4.78, 5) is 24.7. The maximum absolute atomic E-state index is 13.2. The number of carbonyl (C=O) groups is 2. The molecular formula is C29H36FN5O3. The molecule has 0 fully saturated rings. The predicted octanol–water partition coefficient (Wildman–Crippen LogP) is 4.94. The van der Waals surface area contributed by atoms with Gasteiger partial charge in [-0.25, -0.2) is 14.6 Å². The van der Waals surface area contributed by atoms with E-state index in [1.54, 1.807) is 23.3 Å². The van der Waals surface area contributed by atoms with Gasteiger partial charge in [0.15, 0.2) is 0 Å². The van der Waals surface area contributed by atoms with E-state index in [1.807, 2.05) is 0 Å². The lowest BCUT2D eigenvalue weighted by atomic mass is 9.63. The van der Waals surface area contributed by atoms with Crippen molar-refractivity contribution in [3.05, 3.63) is 82.4 Å². The van der Waals surface area contributed by atoms with Crippen LogP contribution in [0, 0.1) is 5.82 Å². The van der Waals surface area contributed by atoms with E-state index >= 15 is 0 Å². The molecule has 2 aromatic carbocycles. The molecule has 3 N–H and O–H groups in total. The van der Waals surface area contributed by atoms with Crippen LogP contribution in [0.25, 0.3) is 0 Å². The highest BCUT2D eigenvalue weighted by atomic mass is 19.1. The third kappa shape index (κ3) is 5.93. The van der Waals surface area contributed by atoms with Gasteiger partial charge in [0.05, 0.1) is 24.7 Å². The minimum absolute atomic E-state index is 0.00158. The molecule has 0 spiro atoms. The number of rotatable bonds is 8. The van der Waals surface area contributed by atoms with E-state index in [9.17, 15) is 19.2 Å². The van der Waals surface area contributed by atoms with Gasteiger partial charge in [-0.3, -0.25) is 14.8 Å². The van der Waals surface area contributed by atoms with Crippen LogP contribution >= 0.6 is 0 Å². The summed E-state index contributed by atoms with van der Waals surface area (Å²) in [5.74, 6) is -1.30. The highest BCUT2D eigenvalue weighted by molar-refractivity contribution is 5.94. The molecule has 0 saturated carbocycles. The Kier molecular flexibility index (Phi) is 7.69. The quantitative estimate of drug-likeness (QED) is 0.288. The number of hydroxylamine groups is 1. The molecule has 1 aromatic heterocycles. The number of nitrogens with zero attached hydrogens (tertiary/aromatic N) is 3. The van der Waals surface area contributed by atoms with Crippen LogP contribution in [0.4, 0.5) is 4.39 Å². The number of benzene rings is 2. The zero-order chi connectivity index (χ0) is 27.7. The van der Waals surface area contributed by atoms with E-state index in [2.05, 4.69) is 61.5 Å². The Morgan fingerprint density at radius 1 is 1.05 bits per heavy atom. The Morgan fingerprint density at radius 3 is 2.37 bits per heavy atom. The molecule has 1 aliphatic carbocycles. The van der Waals surface area contributed by atoms with Crippen molar-refractivity contribution in [2.75, 3.05) is 0 Å². The van der Waals surface area contributed by atoms with E-state index < -0.39 is 23.8 Å². The van der Waals surface area contributed by atoms with E-state index in [1.165, 1.54) is 35.4 Å². The number of halogens is 1. The third-order valence-electron chi connectivity index (χ3n) is 7.73. The minimum Gasteiger partial charge on any atom is -0.344 e. The smallest absolute Gasteiger partial charge is 0.251 e. The van der Waals surface area contributed by atoms with Crippen LogP contribution in [-0.4, -0.2) is 32.0 Å². The third-order valence-corrected chi connectivity index (χ3v) is 7.73. The number of hydrogen-bond acceptors (Lipinski definition) is 5. The van der Waals surface area contributed by atoms with Gasteiger partial charge < -0.3 is 5.32 Å². The molecule has 1 heterocycles. The lowest BCUT2D eigenvalue weighted by molar-refractivity contribution is -0.130. The van der Waals surface area contributed by atoms with Crippen molar-refractivity contribution in [3.63, 3.8) is 0 Å². The van der Waals surface area contributed by atoms with Crippen molar-refractivity contribution in [1.82, 2.24) is 25.8 Å². The van der Waals surface area contributed by atoms with Gasteiger partial charge in [0.2, 0.25) is 5.91 Å². The summed E-state index contributed by atoms with van der Waals surface area (Å²) >= 11 is 0. The first kappa shape index (κ1) is 27.4. The fourth-order valence-electron chi connectivity index (χ4n) is 5.18. The maximum Gasteiger partial charge on any atom is 0.251 e. The number of fused-ring (bicyclic) bond motifs is 1. The van der Waals surface area contributed by atoms with Gasteiger partial charge in [-0.2, -0.15) is 0 Å². The SMILES string of the molecule is CC(NC(=O)c1ccc(F)cc1)c1cn(C(CC(=O)NO)Cc2ccc3c(c2)C(C)(C)CCC3(C)C)nn1. The van der Waals surface area contributed by atoms with Crippen molar-refractivity contribution in [3.8, 4) is 0 Å². The van der Waals surface area contributed by atoms with Gasteiger partial charge in [0.1, 0.15) is 11.5 Å². The van der Waals surface area contributed by atoms with Crippen LogP contribution in [0.1, 0.15) is 98.7 Å². The Bertz CT molecular complexity index is 1320. The fourth-order valence-corrected chi connectivity index (χ4v) is 5.18. The molecule has 0 radical (unpaired) electrons. The Balaban J connectivity index is 1.55. The van der Waals surface area contributed by atoms with Crippen molar-refractivity contribution in [1.29, 1.82) is 0 Å². The van der Waals surface area contributed by atoms with Gasteiger partial charge in [0.25, 0.3) is 5.91 Å². The average Bonchev–Trinajstić information content (AvgIpc) is 3.37. The lowest BCUT2D eigenvalue weighted by Gasteiger charge is -2.42. The zero-order valence-corrected chi connectivity index (χ0v) is 22.6. The van der Waals surface area contributed by atoms with Crippen LogP contribution in [0.3, 0.4) is 0 Å². The maximum atomic E-state index is 13.2. The molecular weight excluding hydrogens is 485 g/mol. The molecule has 4 rings (SSSR count). The number of nitrogens with one attached hydrogen (secondary N) is 2. The molecule has 0 bridgehead atoms. The second kappa shape index (κ2) is 10.6. The molecule has 0 aliphatic heterocycles. The van der Waals surface area contributed by atoms with Crippen molar-refractivity contribution in [2.45, 2.75) is 83.2 Å². The molecule has 2 amide bonds. The summed E-state index contributed by atoms with van der Waals surface area (Å²) in [5.41, 5.74) is 6.48. The molecule has 1 aliphatic rings. The molecule has 0 saturated heterocycles. The summed E-state index contributed by atoms with van der Waals surface area (Å²) in [6.07, 6.45) is 4.44. The largest absolute Gasteiger partial charge is 0.344 e. The van der Waals surface area contributed by atoms with E-state index in [0.29, 0.717) is 17.7 Å². The van der Waals surface area contributed by atoms with Crippen LogP contribution in [0.5, 0.6) is 0 Å². The average molecular weight is 522 g/mol. The van der Waals surface area contributed by atoms with E-state index in [-0.39, 0.29) is 23.2 Å². The Hall–Kier alpha value is -3.59. The van der Waals surface area contributed by atoms with Crippen molar-refractivity contribution in [2.24, 2.45) is 0 Å². The standard InChI is InChI=1S/C29H36FN5O3/c1-18(31-27(37)20-7-9-21(30)10-8-20)25-17-35(34-32-25)22(16-26(36)33-38)14-19-6-11-23-24(15-19)29(4,5)13-12-28(23,2)3/h6-11,15,17-18,22,38H,12-14,16H2,1-5H3,(H,31,37)(H,33,36). The number of carbonyl (C=O) groups excluding carboxylic acids is 2. The fraction of sp³-hybridized carbons (Fsp3) is 0.448. The molecule has 9 heteroatoms. The topological polar surface area (TPSA) is 109 Å². The summed E-state index contributed by atoms with van der Waals surface area (Å²) < 4.78 is 14.8. The highest BCUT2D eigenvalue weighted by Crippen LogP contribution is 2.46. The van der Waals surface area contributed by atoms with Crippen LogP contribution < -0.4 is 10.8 Å². The number of amides is 2. The molecule has 38 heavy (non-hydrogen) atoms. The number of aromatic nitrogens is 3. The monoisotopic (exact) mass is 521 g/mol. The number of hydrogen-bond donors (Lipinski definition) is 3. The second-order valence-corrected chi connectivity index (χ2v) is 11.6. The first-order chi connectivity index (χ1) is 17.9. The van der Waals surface area contributed by atoms with Gasteiger partial charge in [-0.15, -0.1) is 5.10 Å². The van der Waals surface area contributed by atoms with Crippen molar-refractivity contribution < 1.29 is 19.2 Å². The van der Waals surface area contributed by atoms with Crippen molar-refractivity contribution >= 4 is 11.8 Å².